The van der Waals surface area contributed by atoms with E-state index in [0.717, 1.165) is 5.00 Å². The van der Waals surface area contributed by atoms with Gasteiger partial charge in [0.1, 0.15) is 5.00 Å². The van der Waals surface area contributed by atoms with Crippen molar-refractivity contribution in [2.24, 2.45) is 5.73 Å². The summed E-state index contributed by atoms with van der Waals surface area (Å²) in [6, 6.07) is 0. The number of anilines is 1. The number of hydrogen-bond acceptors (Lipinski definition) is 3. The average Bonchev–Trinajstić information content (AvgIpc) is 2.15. The van der Waals surface area contributed by atoms with Crippen LogP contribution in [0.4, 0.5) is 5.00 Å². The number of nitrogens with zero attached hydrogens (tertiary/aromatic N) is 1. The molecule has 0 saturated heterocycles. The normalized spacial score (nSPS) is 8.89. The summed E-state index contributed by atoms with van der Waals surface area (Å²) in [6.45, 7) is 0. The highest BCUT2D eigenvalue weighted by atomic mass is 32.1. The van der Waals surface area contributed by atoms with Gasteiger partial charge in [0, 0.05) is 0 Å². The van der Waals surface area contributed by atoms with Crippen molar-refractivity contribution in [3.8, 4) is 0 Å². The molecule has 0 unspecified atom stereocenters. The van der Waals surface area contributed by atoms with Crippen LogP contribution in [0.1, 0.15) is 0 Å². The van der Waals surface area contributed by atoms with E-state index in [0.29, 0.717) is 0 Å². The number of hydrogen-bond donors (Lipinski definition) is 2. The van der Waals surface area contributed by atoms with E-state index in [1.807, 2.05) is 0 Å². The number of nitrogens with two attached hydrogens (primary N) is 1. The van der Waals surface area contributed by atoms with Crippen LogP contribution in [0.15, 0.2) is 11.7 Å². The van der Waals surface area contributed by atoms with Crippen molar-refractivity contribution >= 4 is 33.7 Å². The van der Waals surface area contributed by atoms with Crippen LogP contribution in [-0.2, 0) is 0 Å². The van der Waals surface area contributed by atoms with Gasteiger partial charge in [0.25, 0.3) is 0 Å². The SMILES string of the molecule is NC(=S)Nc1cncs1. The number of thiazole rings is 1. The molecule has 3 nitrogen and oxygen atoms in total. The lowest BCUT2D eigenvalue weighted by atomic mass is 10.8. The topological polar surface area (TPSA) is 50.9 Å². The first-order valence-electron chi connectivity index (χ1n) is 2.24. The Morgan fingerprint density at radius 1 is 1.89 bits per heavy atom. The lowest BCUT2D eigenvalue weighted by Crippen LogP contribution is -2.17. The highest BCUT2D eigenvalue weighted by molar-refractivity contribution is 7.80. The Morgan fingerprint density at radius 3 is 3.11 bits per heavy atom. The van der Waals surface area contributed by atoms with Crippen molar-refractivity contribution < 1.29 is 0 Å². The maximum absolute atomic E-state index is 5.18. The van der Waals surface area contributed by atoms with Gasteiger partial charge in [-0.05, 0) is 12.2 Å². The molecule has 0 bridgehead atoms. The van der Waals surface area contributed by atoms with Crippen molar-refractivity contribution in [3.63, 3.8) is 0 Å². The Balaban J connectivity index is 2.58. The third kappa shape index (κ3) is 1.95. The van der Waals surface area contributed by atoms with Crippen LogP contribution in [0.3, 0.4) is 0 Å². The zero-order valence-electron chi connectivity index (χ0n) is 4.50. The van der Waals surface area contributed by atoms with E-state index in [4.69, 9.17) is 5.73 Å². The minimum Gasteiger partial charge on any atom is -0.376 e. The molecule has 3 N–H and O–H groups in total. The quantitative estimate of drug-likeness (QED) is 0.595. The van der Waals surface area contributed by atoms with Gasteiger partial charge in [0.2, 0.25) is 0 Å². The minimum absolute atomic E-state index is 0.277. The molecule has 0 aliphatic rings. The van der Waals surface area contributed by atoms with Crippen LogP contribution in [-0.4, -0.2) is 10.1 Å². The Kier molecular flexibility index (Phi) is 1.96. The maximum Gasteiger partial charge on any atom is 0.168 e. The highest BCUT2D eigenvalue weighted by Crippen LogP contribution is 2.10. The van der Waals surface area contributed by atoms with Gasteiger partial charge in [-0.1, -0.05) is 0 Å². The fourth-order valence-corrected chi connectivity index (χ4v) is 1.10. The first-order chi connectivity index (χ1) is 4.29. The first kappa shape index (κ1) is 6.44. The predicted octanol–water partition coefficient (Wildman–Crippen LogP) is 0.799. The van der Waals surface area contributed by atoms with Crippen molar-refractivity contribution in [2.75, 3.05) is 5.32 Å². The largest absolute Gasteiger partial charge is 0.376 e. The van der Waals surface area contributed by atoms with Gasteiger partial charge >= 0.3 is 0 Å². The molecule has 1 rings (SSSR count). The van der Waals surface area contributed by atoms with Gasteiger partial charge in [0.15, 0.2) is 5.11 Å². The molecule has 1 aromatic heterocycles. The molecule has 1 aromatic rings. The predicted molar refractivity (Wildman–Crippen MR) is 42.5 cm³/mol. The summed E-state index contributed by atoms with van der Waals surface area (Å²) in [5.74, 6) is 0. The third-order valence-electron chi connectivity index (χ3n) is 0.679. The van der Waals surface area contributed by atoms with E-state index < -0.39 is 0 Å². The fourth-order valence-electron chi connectivity index (χ4n) is 0.399. The monoisotopic (exact) mass is 159 g/mol. The standard InChI is InChI=1S/C4H5N3S2/c5-4(8)7-3-1-6-2-9-3/h1-2H,(H3,5,7,8). The molecule has 48 valence electrons. The molecule has 9 heavy (non-hydrogen) atoms. The molecule has 0 amide bonds. The summed E-state index contributed by atoms with van der Waals surface area (Å²) in [4.78, 5) is 3.82. The molecule has 0 spiro atoms. The van der Waals surface area contributed by atoms with Crippen LogP contribution in [0, 0.1) is 0 Å². The van der Waals surface area contributed by atoms with E-state index in [1.165, 1.54) is 11.3 Å². The van der Waals surface area contributed by atoms with Gasteiger partial charge in [-0.2, -0.15) is 0 Å². The molecule has 0 aliphatic carbocycles. The zero-order valence-corrected chi connectivity index (χ0v) is 6.13. The van der Waals surface area contributed by atoms with Gasteiger partial charge in [-0.15, -0.1) is 11.3 Å². The number of rotatable bonds is 1. The Hall–Kier alpha value is -0.680. The zero-order chi connectivity index (χ0) is 6.69. The Bertz CT molecular complexity index is 194. The summed E-state index contributed by atoms with van der Waals surface area (Å²) in [7, 11) is 0. The van der Waals surface area contributed by atoms with Gasteiger partial charge in [-0.25, -0.2) is 0 Å². The molecule has 5 heteroatoms. The minimum atomic E-state index is 0.277. The van der Waals surface area contributed by atoms with Crippen molar-refractivity contribution in [1.29, 1.82) is 0 Å². The number of aromatic nitrogens is 1. The Labute approximate surface area is 61.9 Å². The van der Waals surface area contributed by atoms with Crippen LogP contribution in [0.2, 0.25) is 0 Å². The molecule has 0 atom stereocenters. The van der Waals surface area contributed by atoms with E-state index in [9.17, 15) is 0 Å². The Morgan fingerprint density at radius 2 is 2.67 bits per heavy atom. The van der Waals surface area contributed by atoms with E-state index in [2.05, 4.69) is 22.5 Å². The smallest absolute Gasteiger partial charge is 0.168 e. The van der Waals surface area contributed by atoms with Crippen LogP contribution in [0.25, 0.3) is 0 Å². The second-order valence-electron chi connectivity index (χ2n) is 1.35. The van der Waals surface area contributed by atoms with Crippen LogP contribution in [0.5, 0.6) is 0 Å². The summed E-state index contributed by atoms with van der Waals surface area (Å²) in [6.07, 6.45) is 1.67. The second kappa shape index (κ2) is 2.75. The highest BCUT2D eigenvalue weighted by Gasteiger charge is 1.91. The summed E-state index contributed by atoms with van der Waals surface area (Å²) >= 11 is 6.05. The van der Waals surface area contributed by atoms with Gasteiger partial charge in [-0.3, -0.25) is 4.98 Å². The van der Waals surface area contributed by atoms with Crippen molar-refractivity contribution in [2.45, 2.75) is 0 Å². The molecular formula is C4H5N3S2. The van der Waals surface area contributed by atoms with Gasteiger partial charge in [0.05, 0.1) is 11.7 Å². The fraction of sp³-hybridized carbons (Fsp3) is 0. The third-order valence-corrected chi connectivity index (χ3v) is 1.47. The van der Waals surface area contributed by atoms with Crippen LogP contribution >= 0.6 is 23.6 Å². The van der Waals surface area contributed by atoms with Crippen LogP contribution < -0.4 is 11.1 Å². The molecule has 0 radical (unpaired) electrons. The molecule has 0 saturated carbocycles. The van der Waals surface area contributed by atoms with E-state index in [1.54, 1.807) is 11.7 Å². The molecular weight excluding hydrogens is 154 g/mol. The summed E-state index contributed by atoms with van der Waals surface area (Å²) in [5, 5.41) is 3.90. The molecule has 0 aliphatic heterocycles. The van der Waals surface area contributed by atoms with Crippen molar-refractivity contribution in [3.05, 3.63) is 11.7 Å². The maximum atomic E-state index is 5.18. The first-order valence-corrected chi connectivity index (χ1v) is 3.53. The summed E-state index contributed by atoms with van der Waals surface area (Å²) < 4.78 is 0. The molecule has 1 heterocycles. The average molecular weight is 159 g/mol. The molecule has 0 aromatic carbocycles. The van der Waals surface area contributed by atoms with E-state index >= 15 is 0 Å². The van der Waals surface area contributed by atoms with Gasteiger partial charge < -0.3 is 11.1 Å². The lowest BCUT2D eigenvalue weighted by Gasteiger charge is -1.94. The summed E-state index contributed by atoms with van der Waals surface area (Å²) in [5.41, 5.74) is 6.89. The molecule has 0 fully saturated rings. The van der Waals surface area contributed by atoms with E-state index in [-0.39, 0.29) is 5.11 Å². The lowest BCUT2D eigenvalue weighted by molar-refractivity contribution is 1.42. The number of thiocarbonyl (C=S) groups is 1. The van der Waals surface area contributed by atoms with Crippen molar-refractivity contribution in [1.82, 2.24) is 4.98 Å². The number of nitrogens with one attached hydrogen (secondary N) is 1. The second-order valence-corrected chi connectivity index (χ2v) is 2.68.